The van der Waals surface area contributed by atoms with Crippen LogP contribution in [0.5, 0.6) is 0 Å². The summed E-state index contributed by atoms with van der Waals surface area (Å²) in [6.07, 6.45) is 13.9. The van der Waals surface area contributed by atoms with Gasteiger partial charge in [0.25, 0.3) is 0 Å². The first kappa shape index (κ1) is 17.0. The van der Waals surface area contributed by atoms with Crippen LogP contribution < -0.4 is 0 Å². The first-order valence-corrected chi connectivity index (χ1v) is 9.81. The molecule has 0 aromatic heterocycles. The van der Waals surface area contributed by atoms with Gasteiger partial charge in [0, 0.05) is 10.8 Å². The van der Waals surface area contributed by atoms with Crippen molar-refractivity contribution in [2.45, 2.75) is 64.9 Å². The van der Waals surface area contributed by atoms with Crippen LogP contribution in [-0.2, 0) is 4.79 Å². The summed E-state index contributed by atoms with van der Waals surface area (Å²) >= 11 is 0. The Hall–Kier alpha value is -1.41. The minimum Gasteiger partial charge on any atom is -0.385 e. The van der Waals surface area contributed by atoms with Crippen molar-refractivity contribution in [2.24, 2.45) is 22.7 Å². The summed E-state index contributed by atoms with van der Waals surface area (Å²) < 4.78 is 0. The van der Waals surface area contributed by atoms with E-state index in [9.17, 15) is 9.90 Å². The van der Waals surface area contributed by atoms with Gasteiger partial charge in [-0.3, -0.25) is 4.79 Å². The molecule has 5 atom stereocenters. The molecule has 25 heavy (non-hydrogen) atoms. The Morgan fingerprint density at radius 2 is 2.12 bits per heavy atom. The van der Waals surface area contributed by atoms with Crippen molar-refractivity contribution in [3.05, 3.63) is 47.6 Å². The van der Waals surface area contributed by atoms with E-state index < -0.39 is 5.60 Å². The van der Waals surface area contributed by atoms with Crippen LogP contribution in [0.15, 0.2) is 47.6 Å². The third-order valence-corrected chi connectivity index (χ3v) is 8.11. The normalized spacial score (nSPS) is 45.2. The molecule has 0 spiro atoms. The zero-order valence-electron chi connectivity index (χ0n) is 15.8. The number of ketones is 1. The van der Waals surface area contributed by atoms with Gasteiger partial charge in [0.15, 0.2) is 5.78 Å². The van der Waals surface area contributed by atoms with Crippen LogP contribution >= 0.6 is 0 Å². The van der Waals surface area contributed by atoms with E-state index in [0.717, 1.165) is 44.1 Å². The summed E-state index contributed by atoms with van der Waals surface area (Å²) in [5.41, 5.74) is 2.82. The molecule has 0 aromatic carbocycles. The molecule has 0 radical (unpaired) electrons. The molecular weight excluding hydrogens is 308 g/mol. The topological polar surface area (TPSA) is 37.3 Å². The fourth-order valence-electron chi connectivity index (χ4n) is 6.41. The molecule has 2 nitrogen and oxygen atoms in total. The summed E-state index contributed by atoms with van der Waals surface area (Å²) in [5.74, 6) is 1.14. The van der Waals surface area contributed by atoms with Gasteiger partial charge in [-0.15, -0.1) is 0 Å². The number of carbonyl (C=O) groups is 1. The van der Waals surface area contributed by atoms with Gasteiger partial charge < -0.3 is 5.11 Å². The molecule has 2 heteroatoms. The Kier molecular flexibility index (Phi) is 3.61. The molecule has 1 N–H and O–H groups in total. The van der Waals surface area contributed by atoms with Crippen LogP contribution in [0, 0.1) is 22.7 Å². The highest BCUT2D eigenvalue weighted by molar-refractivity contribution is 6.01. The molecule has 2 fully saturated rings. The molecule has 0 aromatic rings. The van der Waals surface area contributed by atoms with Crippen LogP contribution in [0.4, 0.5) is 0 Å². The standard InChI is InChI=1S/C23H30O2/c1-5-15(2)23(25)13-10-20-18-7-6-16-14-17(24)8-11-21(16,3)19(18)9-12-22(20,23)4/h8-9,11,14,18,20,25H,2,5-7,10,12-13H2,1,3-4H3/t18?,20?,21-,22-,23-/m0/s1. The fraction of sp³-hybridized carbons (Fsp3) is 0.609. The van der Waals surface area contributed by atoms with Crippen molar-refractivity contribution in [3.8, 4) is 0 Å². The van der Waals surface area contributed by atoms with Crippen LogP contribution in [0.3, 0.4) is 0 Å². The van der Waals surface area contributed by atoms with Crippen molar-refractivity contribution in [1.82, 2.24) is 0 Å². The maximum Gasteiger partial charge on any atom is 0.178 e. The highest BCUT2D eigenvalue weighted by atomic mass is 16.3. The van der Waals surface area contributed by atoms with Gasteiger partial charge in [-0.05, 0) is 75.0 Å². The quantitative estimate of drug-likeness (QED) is 0.726. The molecule has 0 amide bonds. The molecule has 0 bridgehead atoms. The third kappa shape index (κ3) is 2.04. The van der Waals surface area contributed by atoms with Crippen LogP contribution in [-0.4, -0.2) is 16.5 Å². The zero-order valence-corrected chi connectivity index (χ0v) is 15.8. The SMILES string of the molecule is C=C(CC)[C@@]1(O)CCC2C3CCC4=CC(=O)C=C[C@]4(C)C3=CC[C@@]21C. The number of aliphatic hydroxyl groups is 1. The number of hydrogen-bond acceptors (Lipinski definition) is 2. The summed E-state index contributed by atoms with van der Waals surface area (Å²) in [7, 11) is 0. The second kappa shape index (κ2) is 5.30. The summed E-state index contributed by atoms with van der Waals surface area (Å²) in [6.45, 7) is 10.9. The first-order chi connectivity index (χ1) is 11.8. The molecule has 4 aliphatic rings. The Morgan fingerprint density at radius 3 is 2.84 bits per heavy atom. The summed E-state index contributed by atoms with van der Waals surface area (Å²) in [4.78, 5) is 11.8. The molecule has 4 rings (SSSR count). The minimum absolute atomic E-state index is 0.0966. The average Bonchev–Trinajstić information content (AvgIpc) is 2.87. The first-order valence-electron chi connectivity index (χ1n) is 9.81. The second-order valence-electron chi connectivity index (χ2n) is 9.00. The van der Waals surface area contributed by atoms with E-state index in [1.165, 1.54) is 11.1 Å². The maximum absolute atomic E-state index is 11.8. The lowest BCUT2D eigenvalue weighted by molar-refractivity contribution is -0.110. The summed E-state index contributed by atoms with van der Waals surface area (Å²) in [6, 6.07) is 0. The van der Waals surface area contributed by atoms with Crippen molar-refractivity contribution < 1.29 is 9.90 Å². The van der Waals surface area contributed by atoms with E-state index in [-0.39, 0.29) is 16.6 Å². The van der Waals surface area contributed by atoms with E-state index in [0.29, 0.717) is 11.8 Å². The minimum atomic E-state index is -0.732. The summed E-state index contributed by atoms with van der Waals surface area (Å²) in [5, 5.41) is 11.5. The lowest BCUT2D eigenvalue weighted by Crippen LogP contribution is -2.51. The molecule has 2 unspecified atom stereocenters. The average molecular weight is 338 g/mol. The second-order valence-corrected chi connectivity index (χ2v) is 9.00. The lowest BCUT2D eigenvalue weighted by Gasteiger charge is -2.54. The predicted octanol–water partition coefficient (Wildman–Crippen LogP) is 4.91. The smallest absolute Gasteiger partial charge is 0.178 e. The molecule has 0 saturated heterocycles. The number of allylic oxidation sites excluding steroid dienone is 6. The molecule has 4 aliphatic carbocycles. The number of rotatable bonds is 2. The zero-order chi connectivity index (χ0) is 18.0. The number of hydrogen-bond donors (Lipinski definition) is 1. The van der Waals surface area contributed by atoms with Gasteiger partial charge in [0.1, 0.15) is 0 Å². The third-order valence-electron chi connectivity index (χ3n) is 8.11. The predicted molar refractivity (Wildman–Crippen MR) is 101 cm³/mol. The van der Waals surface area contributed by atoms with E-state index in [1.54, 1.807) is 6.08 Å². The molecular formula is C23H30O2. The van der Waals surface area contributed by atoms with E-state index in [4.69, 9.17) is 0 Å². The Balaban J connectivity index is 1.77. The molecule has 0 aliphatic heterocycles. The molecule has 2 saturated carbocycles. The maximum atomic E-state index is 11.8. The van der Waals surface area contributed by atoms with E-state index in [2.05, 4.69) is 39.5 Å². The monoisotopic (exact) mass is 338 g/mol. The van der Waals surface area contributed by atoms with Crippen molar-refractivity contribution in [2.75, 3.05) is 0 Å². The fourth-order valence-corrected chi connectivity index (χ4v) is 6.41. The Morgan fingerprint density at radius 1 is 1.36 bits per heavy atom. The van der Waals surface area contributed by atoms with E-state index in [1.807, 2.05) is 6.08 Å². The van der Waals surface area contributed by atoms with Gasteiger partial charge in [0.2, 0.25) is 0 Å². The van der Waals surface area contributed by atoms with Gasteiger partial charge >= 0.3 is 0 Å². The highest BCUT2D eigenvalue weighted by Gasteiger charge is 2.62. The van der Waals surface area contributed by atoms with Crippen molar-refractivity contribution >= 4 is 5.78 Å². The van der Waals surface area contributed by atoms with Gasteiger partial charge in [-0.25, -0.2) is 0 Å². The number of carbonyl (C=O) groups excluding carboxylic acids is 1. The van der Waals surface area contributed by atoms with Crippen LogP contribution in [0.2, 0.25) is 0 Å². The largest absolute Gasteiger partial charge is 0.385 e. The van der Waals surface area contributed by atoms with Crippen LogP contribution in [0.1, 0.15) is 59.3 Å². The van der Waals surface area contributed by atoms with Gasteiger partial charge in [0.05, 0.1) is 5.60 Å². The lowest BCUT2D eigenvalue weighted by atomic mass is 9.51. The highest BCUT2D eigenvalue weighted by Crippen LogP contribution is 2.66. The number of fused-ring (bicyclic) bond motifs is 5. The molecule has 0 heterocycles. The van der Waals surface area contributed by atoms with E-state index >= 15 is 0 Å². The van der Waals surface area contributed by atoms with Crippen molar-refractivity contribution in [3.63, 3.8) is 0 Å². The van der Waals surface area contributed by atoms with Crippen molar-refractivity contribution in [1.29, 1.82) is 0 Å². The molecule has 134 valence electrons. The van der Waals surface area contributed by atoms with Crippen LogP contribution in [0.25, 0.3) is 0 Å². The van der Waals surface area contributed by atoms with Gasteiger partial charge in [-0.1, -0.05) is 43.7 Å². The van der Waals surface area contributed by atoms with Gasteiger partial charge in [-0.2, -0.15) is 0 Å². The Labute approximate surface area is 151 Å². The Bertz CT molecular complexity index is 739.